The highest BCUT2D eigenvalue weighted by molar-refractivity contribution is 5.75. The summed E-state index contributed by atoms with van der Waals surface area (Å²) in [7, 11) is 0. The molecule has 0 aromatic carbocycles. The van der Waals surface area contributed by atoms with E-state index in [0.29, 0.717) is 0 Å². The van der Waals surface area contributed by atoms with Crippen molar-refractivity contribution < 1.29 is 286 Å². The number of nitrogens with one attached hydrogen (secondary N) is 7. The van der Waals surface area contributed by atoms with Crippen molar-refractivity contribution in [3.8, 4) is 0 Å². The Morgan fingerprint density at radius 3 is 0.735 bits per heavy atom. The fourth-order valence-corrected chi connectivity index (χ4v) is 18.6. The second-order valence-electron chi connectivity index (χ2n) is 36.8. The van der Waals surface area contributed by atoms with Crippen LogP contribution < -0.4 is 37.2 Å². The van der Waals surface area contributed by atoms with E-state index in [1.165, 1.54) is 0 Å². The number of hydrogen-bond acceptors (Lipinski definition) is 58. The largest absolute Gasteiger partial charge is 0.394 e. The number of ether oxygens (including phenoxy) is 22. The highest BCUT2D eigenvalue weighted by atomic mass is 16.8. The molecule has 11 heterocycles. The molecule has 65 heteroatoms. The highest BCUT2D eigenvalue weighted by Crippen LogP contribution is 2.42. The second kappa shape index (κ2) is 54.6. The predicted octanol–water partition coefficient (Wildman–Crippen LogP) is -25.0. The van der Waals surface area contributed by atoms with E-state index >= 15 is 0 Å². The molecule has 56 atom stereocenters. The molecule has 0 aromatic heterocycles. The molecule has 0 spiro atoms. The van der Waals surface area contributed by atoms with E-state index in [1.807, 2.05) is 0 Å². The van der Waals surface area contributed by atoms with Gasteiger partial charge in [0.15, 0.2) is 69.2 Å². The number of carbonyl (C=O) groups is 7. The van der Waals surface area contributed by atoms with Crippen molar-refractivity contribution in [3.63, 3.8) is 0 Å². The number of aliphatic hydroxyl groups excluding tert-OH is 29. The monoisotopic (exact) mass is 2150 g/mol. The average molecular weight is 2150 g/mol. The molecule has 7 amide bonds. The van der Waals surface area contributed by atoms with Crippen LogP contribution in [0.2, 0.25) is 0 Å². The first-order chi connectivity index (χ1) is 69.7. The van der Waals surface area contributed by atoms with E-state index in [1.54, 1.807) is 0 Å². The SMILES string of the molecule is CC(=O)N[C@H]1[C@H](O[C@H]2[C@@H](O)[C@@H](CO)O[C@@H](O[C@H]3[C@H](O)[C@@H](O)[C@H](OC[C@@H](CO)NC=O)O[C@@H]3CO)[C@@H]2O)O[C@H](CO)[C@@H](O[C@@H]2O[C@H](CO[C@@H]3O[C@H](CO)[C@@H](O[C@@H]4O[C@H](CO[C@@H]5O[C@H](CO)[C@@H](O[C@@H]6O[C@H](CO[C@@H]7O[C@H](CO)[C@@H](O)[C@H](O)[C@H]7NC(C)=O)[C@H](O)[C@H](O[C@@H]7O[C@H](CO)[C@@H](O)[C@H](O)[C@H]7NC(C)=O)[C@H]6O)[C@H](O)[C@H]5NC(C)=O)[C@H](O)[C@H](O[C@@H]5O[C@H](CO)[C@@H](O)[C@H](O)[C@H]5NC(C)=O)[C@H]4O)[C@H](O)[C@H]3NC(C)=O)[C@H](O)[C@H](O)[C@H]2O)[C@@H]1O. The van der Waals surface area contributed by atoms with Crippen molar-refractivity contribution in [2.45, 2.75) is 385 Å². The van der Waals surface area contributed by atoms with Crippen molar-refractivity contribution in [1.82, 2.24) is 37.2 Å². The maximum atomic E-state index is 13.3. The van der Waals surface area contributed by atoms with Crippen LogP contribution in [-0.4, -0.2) is 619 Å². The molecule has 0 saturated carbocycles. The molecular weight excluding hydrogens is 2010 g/mol. The van der Waals surface area contributed by atoms with Crippen LogP contribution in [0.5, 0.6) is 0 Å². The van der Waals surface area contributed by atoms with Gasteiger partial charge in [0, 0.05) is 41.5 Å². The van der Waals surface area contributed by atoms with Crippen molar-refractivity contribution in [2.24, 2.45) is 0 Å². The van der Waals surface area contributed by atoms with Gasteiger partial charge in [-0.2, -0.15) is 0 Å². The van der Waals surface area contributed by atoms with Gasteiger partial charge >= 0.3 is 0 Å². The van der Waals surface area contributed by atoms with E-state index in [9.17, 15) is 182 Å². The minimum Gasteiger partial charge on any atom is -0.394 e. The highest BCUT2D eigenvalue weighted by Gasteiger charge is 2.63. The normalized spacial score (nSPS) is 46.5. The molecule has 0 aliphatic carbocycles. The number of carbonyl (C=O) groups excluding carboxylic acids is 7. The molecule has 36 N–H and O–H groups in total. The molecular formula is C82H137N7O58. The Labute approximate surface area is 833 Å². The van der Waals surface area contributed by atoms with Gasteiger partial charge in [-0.3, -0.25) is 33.6 Å². The standard InChI is InChI=1S/C82H137N7O58/c1-21(100)84-39-52(113)45(106)28(8-91)130-72(39)128-18-37-50(111)70(146-75-40(85-22(2)101)53(114)46(107)29(9-92)131-75)63(124)81(139-37)143-66-33(13-96)135-74(43(56(66)117)88-25(5)104)129-19-38-51(112)71(147-76-41(86-23(3)102)54(115)47(108)30(10-93)132-76)64(125)82(140-38)142-65-32(12-95)134-73(42(55(65)116)87-24(4)103)127-17-36-48(109)58(119)60(121)79(138-36)141-67-34(14-97)136-77(44(57(67)118)89-26(6)105)145-69-49(110)31(11-94)133-80(62(69)123)144-68-35(15-98)137-78(61(122)59(68)120)126-16-27(7-90)83-20-99/h20,27-82,90-98,106-125H,7-19H2,1-6H3,(H,83,99)(H,84,100)(H,85,101)(H,86,102)(H,87,103)(H,88,104)(H,89,105)/t27-,28-,29-,30-,31-,32-,33-,34-,35-,36-,37-,38-,39-,40-,41-,42-,43-,44-,45-,46-,47-,48+,49+,50+,51+,52-,53-,54-,55-,56-,57-,58+,59-,60-,61-,62-,63-,64-,65-,66-,67-,68-,69+,70+,71+,72-,73-,74-,75+,76+,77+,78-,79+,80+,81+,82+/m1/s1. The predicted molar refractivity (Wildman–Crippen MR) is 456 cm³/mol. The second-order valence-corrected chi connectivity index (χ2v) is 36.8. The summed E-state index contributed by atoms with van der Waals surface area (Å²) in [6, 6.07) is -12.2. The zero-order valence-electron chi connectivity index (χ0n) is 79.4. The Morgan fingerprint density at radius 1 is 0.224 bits per heavy atom. The summed E-state index contributed by atoms with van der Waals surface area (Å²) in [5.74, 6) is -5.53. The molecule has 0 bridgehead atoms. The molecule has 11 aliphatic rings. The van der Waals surface area contributed by atoms with Crippen LogP contribution in [0.1, 0.15) is 41.5 Å². The Morgan fingerprint density at radius 2 is 0.435 bits per heavy atom. The zero-order valence-corrected chi connectivity index (χ0v) is 79.4. The number of rotatable bonds is 43. The number of amides is 7. The molecule has 11 aliphatic heterocycles. The minimum atomic E-state index is -2.49. The Balaban J connectivity index is 0.813. The summed E-state index contributed by atoms with van der Waals surface area (Å²) in [6.07, 6.45) is -101. The van der Waals surface area contributed by atoms with E-state index in [4.69, 9.17) is 104 Å². The topological polar surface area (TPSA) is 993 Å². The molecule has 0 radical (unpaired) electrons. The maximum absolute atomic E-state index is 13.3. The first-order valence-corrected chi connectivity index (χ1v) is 46.8. The van der Waals surface area contributed by atoms with Crippen LogP contribution in [0, 0.1) is 0 Å². The van der Waals surface area contributed by atoms with E-state index < -0.39 is 465 Å². The van der Waals surface area contributed by atoms with Gasteiger partial charge in [-0.1, -0.05) is 0 Å². The van der Waals surface area contributed by atoms with Gasteiger partial charge < -0.3 is 290 Å². The number of aliphatic hydroxyl groups is 29. The minimum absolute atomic E-state index is 0.245. The van der Waals surface area contributed by atoms with E-state index in [-0.39, 0.29) is 6.41 Å². The third-order valence-electron chi connectivity index (χ3n) is 26.3. The third-order valence-corrected chi connectivity index (χ3v) is 26.3. The van der Waals surface area contributed by atoms with Gasteiger partial charge in [0.1, 0.15) is 268 Å². The van der Waals surface area contributed by atoms with Gasteiger partial charge in [0.05, 0.1) is 91.9 Å². The van der Waals surface area contributed by atoms with Crippen molar-refractivity contribution in [3.05, 3.63) is 0 Å². The third kappa shape index (κ3) is 28.4. The van der Waals surface area contributed by atoms with Crippen LogP contribution in [0.15, 0.2) is 0 Å². The van der Waals surface area contributed by atoms with Gasteiger partial charge in [-0.15, -0.1) is 0 Å². The fraction of sp³-hybridized carbons (Fsp3) is 0.915. The van der Waals surface area contributed by atoms with Gasteiger partial charge in [0.2, 0.25) is 41.9 Å². The summed E-state index contributed by atoms with van der Waals surface area (Å²) >= 11 is 0. The van der Waals surface area contributed by atoms with Gasteiger partial charge in [0.25, 0.3) is 0 Å². The maximum Gasteiger partial charge on any atom is 0.217 e. The summed E-state index contributed by atoms with van der Waals surface area (Å²) in [6.45, 7) is -7.40. The quantitative estimate of drug-likeness (QED) is 0.0252. The zero-order chi connectivity index (χ0) is 108. The van der Waals surface area contributed by atoms with E-state index in [2.05, 4.69) is 37.2 Å². The first kappa shape index (κ1) is 121. The van der Waals surface area contributed by atoms with E-state index in [0.717, 1.165) is 41.5 Å². The molecule has 11 fully saturated rings. The summed E-state index contributed by atoms with van der Waals surface area (Å²) < 4.78 is 131. The van der Waals surface area contributed by atoms with Gasteiger partial charge in [-0.05, 0) is 0 Å². The van der Waals surface area contributed by atoms with Crippen LogP contribution in [0.4, 0.5) is 0 Å². The number of hydrogen-bond donors (Lipinski definition) is 36. The van der Waals surface area contributed by atoms with Crippen molar-refractivity contribution >= 4 is 41.9 Å². The van der Waals surface area contributed by atoms with Crippen LogP contribution >= 0.6 is 0 Å². The molecule has 11 saturated heterocycles. The Kier molecular flexibility index (Phi) is 45.1. The smallest absolute Gasteiger partial charge is 0.217 e. The lowest BCUT2D eigenvalue weighted by Gasteiger charge is -2.50. The fourth-order valence-electron chi connectivity index (χ4n) is 18.6. The van der Waals surface area contributed by atoms with Crippen LogP contribution in [0.3, 0.4) is 0 Å². The Bertz CT molecular complexity index is 4110. The molecule has 147 heavy (non-hydrogen) atoms. The van der Waals surface area contributed by atoms with Crippen molar-refractivity contribution in [2.75, 3.05) is 85.9 Å². The van der Waals surface area contributed by atoms with Crippen molar-refractivity contribution in [1.29, 1.82) is 0 Å². The lowest BCUT2D eigenvalue weighted by atomic mass is 9.94. The molecule has 848 valence electrons. The Hall–Kier alpha value is -5.75. The summed E-state index contributed by atoms with van der Waals surface area (Å²) in [5, 5.41) is 343. The molecule has 0 aromatic rings. The van der Waals surface area contributed by atoms with Crippen LogP contribution in [0.25, 0.3) is 0 Å². The first-order valence-electron chi connectivity index (χ1n) is 46.8. The summed E-state index contributed by atoms with van der Waals surface area (Å²) in [4.78, 5) is 88.2. The van der Waals surface area contributed by atoms with Crippen LogP contribution in [-0.2, 0) is 138 Å². The average Bonchev–Trinajstić information content (AvgIpc) is 0.766. The lowest BCUT2D eigenvalue weighted by Crippen LogP contribution is -2.70. The van der Waals surface area contributed by atoms with Gasteiger partial charge in [-0.25, -0.2) is 0 Å². The molecule has 11 rings (SSSR count). The molecule has 65 nitrogen and oxygen atoms in total. The summed E-state index contributed by atoms with van der Waals surface area (Å²) in [5.41, 5.74) is 0. The molecule has 0 unspecified atom stereocenters. The lowest BCUT2D eigenvalue weighted by molar-refractivity contribution is -0.383.